The van der Waals surface area contributed by atoms with E-state index < -0.39 is 0 Å². The summed E-state index contributed by atoms with van der Waals surface area (Å²) in [6, 6.07) is 12.2. The van der Waals surface area contributed by atoms with Crippen molar-refractivity contribution in [3.8, 4) is 11.4 Å². The summed E-state index contributed by atoms with van der Waals surface area (Å²) in [5, 5.41) is 3.88. The normalized spacial score (nSPS) is 10.6. The van der Waals surface area contributed by atoms with Gasteiger partial charge < -0.3 is 10.3 Å². The van der Waals surface area contributed by atoms with E-state index in [4.69, 9.17) is 23.2 Å². The minimum atomic E-state index is -0.358. The Kier molecular flexibility index (Phi) is 5.40. The van der Waals surface area contributed by atoms with Crippen molar-refractivity contribution in [3.63, 3.8) is 0 Å². The maximum Gasteiger partial charge on any atom is 0.254 e. The molecule has 0 fully saturated rings. The number of H-pyrrole nitrogens is 1. The zero-order chi connectivity index (χ0) is 18.7. The van der Waals surface area contributed by atoms with Gasteiger partial charge in [0.2, 0.25) is 5.91 Å². The Bertz CT molecular complexity index is 1010. The number of hydrogen-bond donors (Lipinski definition) is 2. The van der Waals surface area contributed by atoms with E-state index in [2.05, 4.69) is 15.3 Å². The summed E-state index contributed by atoms with van der Waals surface area (Å²) in [6.45, 7) is 1.86. The number of nitrogens with zero attached hydrogens (tertiary/aromatic N) is 1. The molecule has 132 valence electrons. The molecule has 0 aliphatic heterocycles. The Morgan fingerprint density at radius 2 is 1.81 bits per heavy atom. The van der Waals surface area contributed by atoms with Crippen molar-refractivity contribution in [2.75, 3.05) is 5.32 Å². The van der Waals surface area contributed by atoms with Gasteiger partial charge in [-0.25, -0.2) is 4.98 Å². The third-order valence-electron chi connectivity index (χ3n) is 3.82. The SMILES string of the molecule is Cc1ccc(Cl)cc1NC(=O)Cc1cnc(-c2ccc(Cl)cc2)[nH]c1=O. The van der Waals surface area contributed by atoms with Crippen LogP contribution in [0.5, 0.6) is 0 Å². The monoisotopic (exact) mass is 387 g/mol. The summed E-state index contributed by atoms with van der Waals surface area (Å²) < 4.78 is 0. The maximum absolute atomic E-state index is 12.3. The molecule has 0 atom stereocenters. The van der Waals surface area contributed by atoms with Crippen molar-refractivity contribution < 1.29 is 4.79 Å². The molecule has 5 nitrogen and oxygen atoms in total. The largest absolute Gasteiger partial charge is 0.326 e. The first-order chi connectivity index (χ1) is 12.4. The zero-order valence-electron chi connectivity index (χ0n) is 13.8. The molecule has 2 aromatic carbocycles. The van der Waals surface area contributed by atoms with Crippen LogP contribution in [-0.4, -0.2) is 15.9 Å². The molecule has 3 aromatic rings. The second-order valence-corrected chi connectivity index (χ2v) is 6.65. The lowest BCUT2D eigenvalue weighted by atomic mass is 10.1. The topological polar surface area (TPSA) is 74.8 Å². The van der Waals surface area contributed by atoms with E-state index >= 15 is 0 Å². The fourth-order valence-electron chi connectivity index (χ4n) is 2.40. The Morgan fingerprint density at radius 1 is 1.12 bits per heavy atom. The van der Waals surface area contributed by atoms with Crippen molar-refractivity contribution in [1.82, 2.24) is 9.97 Å². The third-order valence-corrected chi connectivity index (χ3v) is 4.30. The summed E-state index contributed by atoms with van der Waals surface area (Å²) in [5.41, 5.74) is 2.15. The molecule has 0 spiro atoms. The van der Waals surface area contributed by atoms with Gasteiger partial charge in [0.15, 0.2) is 0 Å². The molecule has 0 aliphatic rings. The molecule has 1 aromatic heterocycles. The van der Waals surface area contributed by atoms with Crippen molar-refractivity contribution in [2.24, 2.45) is 0 Å². The number of amides is 1. The first-order valence-corrected chi connectivity index (χ1v) is 8.58. The van der Waals surface area contributed by atoms with Crippen molar-refractivity contribution in [3.05, 3.63) is 80.2 Å². The van der Waals surface area contributed by atoms with Gasteiger partial charge in [0.1, 0.15) is 5.82 Å². The highest BCUT2D eigenvalue weighted by Crippen LogP contribution is 2.20. The number of benzene rings is 2. The van der Waals surface area contributed by atoms with Gasteiger partial charge in [0.05, 0.1) is 6.42 Å². The number of aryl methyl sites for hydroxylation is 1. The van der Waals surface area contributed by atoms with E-state index in [1.165, 1.54) is 6.20 Å². The van der Waals surface area contributed by atoms with Crippen LogP contribution in [-0.2, 0) is 11.2 Å². The Morgan fingerprint density at radius 3 is 2.50 bits per heavy atom. The number of carbonyl (C=O) groups is 1. The highest BCUT2D eigenvalue weighted by atomic mass is 35.5. The lowest BCUT2D eigenvalue weighted by Gasteiger charge is -2.09. The second kappa shape index (κ2) is 7.72. The first kappa shape index (κ1) is 18.2. The van der Waals surface area contributed by atoms with E-state index in [1.54, 1.807) is 36.4 Å². The van der Waals surface area contributed by atoms with Gasteiger partial charge in [-0.1, -0.05) is 29.3 Å². The molecule has 3 rings (SSSR count). The standard InChI is InChI=1S/C19H15Cl2N3O2/c1-11-2-5-15(21)9-16(11)23-17(25)8-13-10-22-18(24-19(13)26)12-3-6-14(20)7-4-12/h2-7,9-10H,8H2,1H3,(H,23,25)(H,22,24,26). The average Bonchev–Trinajstić information content (AvgIpc) is 2.60. The molecule has 26 heavy (non-hydrogen) atoms. The van der Waals surface area contributed by atoms with Crippen LogP contribution in [0.2, 0.25) is 10.0 Å². The minimum Gasteiger partial charge on any atom is -0.326 e. The first-order valence-electron chi connectivity index (χ1n) is 7.82. The van der Waals surface area contributed by atoms with Gasteiger partial charge in [0.25, 0.3) is 5.56 Å². The smallest absolute Gasteiger partial charge is 0.254 e. The number of halogens is 2. The lowest BCUT2D eigenvalue weighted by molar-refractivity contribution is -0.115. The van der Waals surface area contributed by atoms with E-state index in [-0.39, 0.29) is 23.5 Å². The molecular weight excluding hydrogens is 373 g/mol. The average molecular weight is 388 g/mol. The van der Waals surface area contributed by atoms with Gasteiger partial charge in [-0.05, 0) is 48.9 Å². The molecular formula is C19H15Cl2N3O2. The van der Waals surface area contributed by atoms with Gasteiger partial charge >= 0.3 is 0 Å². The van der Waals surface area contributed by atoms with Gasteiger partial charge in [-0.3, -0.25) is 9.59 Å². The van der Waals surface area contributed by atoms with Crippen LogP contribution in [0.1, 0.15) is 11.1 Å². The lowest BCUT2D eigenvalue weighted by Crippen LogP contribution is -2.22. The highest BCUT2D eigenvalue weighted by Gasteiger charge is 2.11. The Balaban J connectivity index is 1.75. The number of hydrogen-bond acceptors (Lipinski definition) is 3. The van der Waals surface area contributed by atoms with Crippen molar-refractivity contribution in [2.45, 2.75) is 13.3 Å². The number of aromatic nitrogens is 2. The number of rotatable bonds is 4. The maximum atomic E-state index is 12.3. The molecule has 2 N–H and O–H groups in total. The van der Waals surface area contributed by atoms with Gasteiger partial charge in [-0.2, -0.15) is 0 Å². The van der Waals surface area contributed by atoms with Crippen LogP contribution in [0.15, 0.2) is 53.5 Å². The summed E-state index contributed by atoms with van der Waals surface area (Å²) in [4.78, 5) is 31.4. The molecule has 1 amide bonds. The molecule has 0 bridgehead atoms. The van der Waals surface area contributed by atoms with Gasteiger partial charge in [0, 0.05) is 33.1 Å². The number of anilines is 1. The summed E-state index contributed by atoms with van der Waals surface area (Å²) in [6.07, 6.45) is 1.32. The van der Waals surface area contributed by atoms with E-state index in [0.717, 1.165) is 11.1 Å². The summed E-state index contributed by atoms with van der Waals surface area (Å²) >= 11 is 11.8. The molecule has 7 heteroatoms. The molecule has 0 radical (unpaired) electrons. The third kappa shape index (κ3) is 4.31. The van der Waals surface area contributed by atoms with Crippen molar-refractivity contribution in [1.29, 1.82) is 0 Å². The highest BCUT2D eigenvalue weighted by molar-refractivity contribution is 6.31. The number of aromatic amines is 1. The van der Waals surface area contributed by atoms with Crippen LogP contribution < -0.4 is 10.9 Å². The number of carbonyl (C=O) groups excluding carboxylic acids is 1. The summed E-state index contributed by atoms with van der Waals surface area (Å²) in [5.74, 6) is 0.100. The predicted molar refractivity (Wildman–Crippen MR) is 104 cm³/mol. The molecule has 1 heterocycles. The van der Waals surface area contributed by atoms with E-state index in [0.29, 0.717) is 21.6 Å². The Hall–Kier alpha value is -2.63. The molecule has 0 saturated heterocycles. The summed E-state index contributed by atoms with van der Waals surface area (Å²) in [7, 11) is 0. The van der Waals surface area contributed by atoms with Crippen LogP contribution >= 0.6 is 23.2 Å². The minimum absolute atomic E-state index is 0.0881. The number of nitrogens with one attached hydrogen (secondary N) is 2. The fourth-order valence-corrected chi connectivity index (χ4v) is 2.70. The predicted octanol–water partition coefficient (Wildman–Crippen LogP) is 4.23. The zero-order valence-corrected chi connectivity index (χ0v) is 15.4. The van der Waals surface area contributed by atoms with Crippen molar-refractivity contribution >= 4 is 34.8 Å². The van der Waals surface area contributed by atoms with Crippen LogP contribution in [0, 0.1) is 6.92 Å². The van der Waals surface area contributed by atoms with E-state index in [1.807, 2.05) is 13.0 Å². The van der Waals surface area contributed by atoms with Crippen LogP contribution in [0.25, 0.3) is 11.4 Å². The molecule has 0 aliphatic carbocycles. The quantitative estimate of drug-likeness (QED) is 0.702. The second-order valence-electron chi connectivity index (χ2n) is 5.78. The van der Waals surface area contributed by atoms with E-state index in [9.17, 15) is 9.59 Å². The van der Waals surface area contributed by atoms with Gasteiger partial charge in [-0.15, -0.1) is 0 Å². The Labute approximate surface area is 160 Å². The fraction of sp³-hybridized carbons (Fsp3) is 0.105. The van der Waals surface area contributed by atoms with Crippen LogP contribution in [0.4, 0.5) is 5.69 Å². The van der Waals surface area contributed by atoms with Crippen LogP contribution in [0.3, 0.4) is 0 Å². The molecule has 0 saturated carbocycles. The molecule has 0 unspecified atom stereocenters.